The van der Waals surface area contributed by atoms with Crippen LogP contribution in [-0.2, 0) is 11.3 Å². The maximum Gasteiger partial charge on any atom is 0.415 e. The van der Waals surface area contributed by atoms with Gasteiger partial charge in [-0.1, -0.05) is 0 Å². The zero-order valence-electron chi connectivity index (χ0n) is 13.3. The molecule has 0 saturated carbocycles. The van der Waals surface area contributed by atoms with Crippen molar-refractivity contribution < 1.29 is 19.4 Å². The number of hydrogen-bond donors (Lipinski definition) is 1. The Morgan fingerprint density at radius 1 is 1.25 bits per heavy atom. The van der Waals surface area contributed by atoms with Crippen LogP contribution >= 0.6 is 0 Å². The first kappa shape index (κ1) is 15.9. The number of aromatic nitrogens is 3. The lowest BCUT2D eigenvalue weighted by Gasteiger charge is -2.09. The van der Waals surface area contributed by atoms with Gasteiger partial charge >= 0.3 is 6.09 Å². The van der Waals surface area contributed by atoms with Crippen LogP contribution in [-0.4, -0.2) is 31.8 Å². The van der Waals surface area contributed by atoms with Crippen molar-refractivity contribution in [1.29, 1.82) is 0 Å². The fourth-order valence-electron chi connectivity index (χ4n) is 2.24. The SMILES string of the molecule is CC(C)OCc1cc(Oc2ccc3c(ccn3C(=O)O)c2)ncn1. The van der Waals surface area contributed by atoms with Gasteiger partial charge in [0, 0.05) is 17.6 Å². The maximum atomic E-state index is 11.1. The highest BCUT2D eigenvalue weighted by atomic mass is 16.5. The first-order valence-corrected chi connectivity index (χ1v) is 7.48. The normalized spacial score (nSPS) is 11.1. The van der Waals surface area contributed by atoms with E-state index >= 15 is 0 Å². The molecule has 3 aromatic rings. The number of ether oxygens (including phenoxy) is 2. The van der Waals surface area contributed by atoms with Crippen molar-refractivity contribution in [3.05, 3.63) is 48.5 Å². The summed E-state index contributed by atoms with van der Waals surface area (Å²) in [6.45, 7) is 4.30. The van der Waals surface area contributed by atoms with Gasteiger partial charge in [0.05, 0.1) is 23.9 Å². The highest BCUT2D eigenvalue weighted by Crippen LogP contribution is 2.25. The molecule has 0 unspecified atom stereocenters. The Bertz CT molecular complexity index is 873. The number of fused-ring (bicyclic) bond motifs is 1. The van der Waals surface area contributed by atoms with E-state index in [-0.39, 0.29) is 6.10 Å². The Hall–Kier alpha value is -2.93. The molecule has 24 heavy (non-hydrogen) atoms. The van der Waals surface area contributed by atoms with Crippen LogP contribution in [0.5, 0.6) is 11.6 Å². The number of rotatable bonds is 5. The van der Waals surface area contributed by atoms with Gasteiger partial charge < -0.3 is 14.6 Å². The van der Waals surface area contributed by atoms with Gasteiger partial charge in [0.1, 0.15) is 12.1 Å². The lowest BCUT2D eigenvalue weighted by Crippen LogP contribution is -2.05. The third-order valence-electron chi connectivity index (χ3n) is 3.35. The van der Waals surface area contributed by atoms with Crippen LogP contribution in [0, 0.1) is 0 Å². The average Bonchev–Trinajstić information content (AvgIpc) is 2.96. The summed E-state index contributed by atoms with van der Waals surface area (Å²) in [4.78, 5) is 19.3. The van der Waals surface area contributed by atoms with Crippen molar-refractivity contribution in [1.82, 2.24) is 14.5 Å². The van der Waals surface area contributed by atoms with Crippen LogP contribution in [0.1, 0.15) is 19.5 Å². The minimum Gasteiger partial charge on any atom is -0.464 e. The summed E-state index contributed by atoms with van der Waals surface area (Å²) in [5.74, 6) is 0.976. The number of hydrogen-bond acceptors (Lipinski definition) is 5. The molecule has 2 aromatic heterocycles. The zero-order chi connectivity index (χ0) is 17.1. The quantitative estimate of drug-likeness (QED) is 0.769. The lowest BCUT2D eigenvalue weighted by atomic mass is 10.2. The van der Waals surface area contributed by atoms with E-state index in [4.69, 9.17) is 14.6 Å². The molecule has 0 aliphatic rings. The van der Waals surface area contributed by atoms with E-state index in [1.807, 2.05) is 13.8 Å². The molecule has 1 N–H and O–H groups in total. The minimum absolute atomic E-state index is 0.116. The van der Waals surface area contributed by atoms with E-state index in [1.165, 1.54) is 12.5 Å². The summed E-state index contributed by atoms with van der Waals surface area (Å²) in [5.41, 5.74) is 1.33. The van der Waals surface area contributed by atoms with Crippen molar-refractivity contribution >= 4 is 17.0 Å². The van der Waals surface area contributed by atoms with Crippen molar-refractivity contribution in [2.75, 3.05) is 0 Å². The number of benzene rings is 1. The molecule has 7 heteroatoms. The van der Waals surface area contributed by atoms with Gasteiger partial charge in [-0.25, -0.2) is 14.8 Å². The molecule has 124 valence electrons. The van der Waals surface area contributed by atoms with E-state index in [9.17, 15) is 4.79 Å². The molecule has 0 spiro atoms. The number of carbonyl (C=O) groups is 1. The molecule has 0 aliphatic carbocycles. The lowest BCUT2D eigenvalue weighted by molar-refractivity contribution is 0.0634. The summed E-state index contributed by atoms with van der Waals surface area (Å²) >= 11 is 0. The molecule has 0 amide bonds. The summed E-state index contributed by atoms with van der Waals surface area (Å²) < 4.78 is 12.4. The fraction of sp³-hybridized carbons (Fsp3) is 0.235. The molecule has 0 bridgehead atoms. The number of nitrogens with zero attached hydrogens (tertiary/aromatic N) is 3. The van der Waals surface area contributed by atoms with Gasteiger partial charge in [0.2, 0.25) is 5.88 Å². The molecule has 0 saturated heterocycles. The largest absolute Gasteiger partial charge is 0.464 e. The van der Waals surface area contributed by atoms with Crippen LogP contribution < -0.4 is 4.74 Å². The van der Waals surface area contributed by atoms with Gasteiger partial charge in [-0.05, 0) is 38.1 Å². The third-order valence-corrected chi connectivity index (χ3v) is 3.35. The van der Waals surface area contributed by atoms with E-state index in [2.05, 4.69) is 9.97 Å². The van der Waals surface area contributed by atoms with Crippen molar-refractivity contribution in [3.8, 4) is 11.6 Å². The molecular formula is C17H17N3O4. The predicted molar refractivity (Wildman–Crippen MR) is 87.4 cm³/mol. The Kier molecular flexibility index (Phi) is 4.43. The van der Waals surface area contributed by atoms with Crippen molar-refractivity contribution in [2.24, 2.45) is 0 Å². The smallest absolute Gasteiger partial charge is 0.415 e. The Morgan fingerprint density at radius 2 is 2.08 bits per heavy atom. The van der Waals surface area contributed by atoms with Gasteiger partial charge in [-0.2, -0.15) is 0 Å². The molecule has 2 heterocycles. The summed E-state index contributed by atoms with van der Waals surface area (Å²) in [7, 11) is 0. The second-order valence-corrected chi connectivity index (χ2v) is 5.50. The van der Waals surface area contributed by atoms with Crippen molar-refractivity contribution in [2.45, 2.75) is 26.6 Å². The average molecular weight is 327 g/mol. The highest BCUT2D eigenvalue weighted by Gasteiger charge is 2.09. The molecular weight excluding hydrogens is 310 g/mol. The highest BCUT2D eigenvalue weighted by molar-refractivity contribution is 5.89. The molecule has 0 atom stereocenters. The minimum atomic E-state index is -1.02. The van der Waals surface area contributed by atoms with Gasteiger partial charge in [0.15, 0.2) is 0 Å². The van der Waals surface area contributed by atoms with E-state index in [0.717, 1.165) is 15.6 Å². The summed E-state index contributed by atoms with van der Waals surface area (Å²) in [6, 6.07) is 8.60. The number of carboxylic acid groups (broad SMARTS) is 1. The van der Waals surface area contributed by atoms with E-state index < -0.39 is 6.09 Å². The van der Waals surface area contributed by atoms with Crippen LogP contribution in [0.25, 0.3) is 10.9 Å². The molecule has 0 aliphatic heterocycles. The second-order valence-electron chi connectivity index (χ2n) is 5.50. The van der Waals surface area contributed by atoms with Gasteiger partial charge in [0.25, 0.3) is 0 Å². The Labute approximate surface area is 138 Å². The molecule has 0 fully saturated rings. The van der Waals surface area contributed by atoms with Gasteiger partial charge in [-0.3, -0.25) is 4.57 Å². The first-order valence-electron chi connectivity index (χ1n) is 7.48. The van der Waals surface area contributed by atoms with Gasteiger partial charge in [-0.15, -0.1) is 0 Å². The predicted octanol–water partition coefficient (Wildman–Crippen LogP) is 3.67. The van der Waals surface area contributed by atoms with Crippen molar-refractivity contribution in [3.63, 3.8) is 0 Å². The Balaban J connectivity index is 1.79. The fourth-order valence-corrected chi connectivity index (χ4v) is 2.24. The third kappa shape index (κ3) is 3.52. The second kappa shape index (κ2) is 6.67. The molecule has 3 rings (SSSR count). The van der Waals surface area contributed by atoms with Crippen LogP contribution in [0.2, 0.25) is 0 Å². The van der Waals surface area contributed by atoms with Crippen LogP contribution in [0.3, 0.4) is 0 Å². The van der Waals surface area contributed by atoms with Crippen LogP contribution in [0.15, 0.2) is 42.9 Å². The van der Waals surface area contributed by atoms with E-state index in [0.29, 0.717) is 23.8 Å². The topological polar surface area (TPSA) is 86.5 Å². The Morgan fingerprint density at radius 3 is 2.83 bits per heavy atom. The molecule has 7 nitrogen and oxygen atoms in total. The van der Waals surface area contributed by atoms with E-state index in [1.54, 1.807) is 30.3 Å². The monoisotopic (exact) mass is 327 g/mol. The zero-order valence-corrected chi connectivity index (χ0v) is 13.3. The summed E-state index contributed by atoms with van der Waals surface area (Å²) in [5, 5.41) is 9.87. The maximum absolute atomic E-state index is 11.1. The first-order chi connectivity index (χ1) is 11.5. The molecule has 1 aromatic carbocycles. The summed E-state index contributed by atoms with van der Waals surface area (Å²) in [6.07, 6.45) is 2.02. The standard InChI is InChI=1S/C17H17N3O4/c1-11(2)23-9-13-8-16(19-10-18-13)24-14-3-4-15-12(7-14)5-6-20(15)17(21)22/h3-8,10-11H,9H2,1-2H3,(H,21,22). The van der Waals surface area contributed by atoms with Crippen LogP contribution in [0.4, 0.5) is 4.79 Å². The molecule has 0 radical (unpaired) electrons.